The fraction of sp³-hybridized carbons (Fsp3) is 0.625. The second-order valence-electron chi connectivity index (χ2n) is 11.4. The van der Waals surface area contributed by atoms with E-state index in [2.05, 4.69) is 31.2 Å². The summed E-state index contributed by atoms with van der Waals surface area (Å²) in [7, 11) is 0. The lowest BCUT2D eigenvalue weighted by Crippen LogP contribution is -2.17. The van der Waals surface area contributed by atoms with Gasteiger partial charge in [0.15, 0.2) is 11.6 Å². The van der Waals surface area contributed by atoms with Crippen LogP contribution < -0.4 is 4.74 Å². The average Bonchev–Trinajstić information content (AvgIpc) is 2.87. The van der Waals surface area contributed by atoms with Gasteiger partial charge in [0.2, 0.25) is 5.82 Å². The van der Waals surface area contributed by atoms with Gasteiger partial charge in [-0.2, -0.15) is 4.39 Å². The minimum atomic E-state index is -0.869. The van der Waals surface area contributed by atoms with Gasteiger partial charge < -0.3 is 4.74 Å². The summed E-state index contributed by atoms with van der Waals surface area (Å²) in [6.45, 7) is 6.33. The van der Waals surface area contributed by atoms with Crippen molar-refractivity contribution in [1.82, 2.24) is 0 Å². The smallest absolute Gasteiger partial charge is 0.200 e. The van der Waals surface area contributed by atoms with Gasteiger partial charge in [-0.15, -0.1) is 0 Å². The lowest BCUT2D eigenvalue weighted by molar-refractivity contribution is 0.237. The second kappa shape index (κ2) is 12.4. The molecule has 0 radical (unpaired) electrons. The van der Waals surface area contributed by atoms with Crippen LogP contribution in [0.1, 0.15) is 106 Å². The first-order chi connectivity index (χ1) is 16.9. The number of hydrogen-bond donors (Lipinski definition) is 0. The van der Waals surface area contributed by atoms with E-state index in [0.717, 1.165) is 23.3 Å². The van der Waals surface area contributed by atoms with E-state index < -0.39 is 11.6 Å². The van der Waals surface area contributed by atoms with Crippen molar-refractivity contribution < 1.29 is 13.5 Å². The molecule has 2 saturated carbocycles. The Bertz CT molecular complexity index is 935. The number of benzene rings is 2. The van der Waals surface area contributed by atoms with E-state index in [1.54, 1.807) is 13.0 Å². The fourth-order valence-corrected chi connectivity index (χ4v) is 6.43. The summed E-state index contributed by atoms with van der Waals surface area (Å²) in [6.07, 6.45) is 15.3. The molecule has 0 aliphatic heterocycles. The van der Waals surface area contributed by atoms with Gasteiger partial charge >= 0.3 is 0 Å². The monoisotopic (exact) mass is 482 g/mol. The first kappa shape index (κ1) is 26.2. The zero-order chi connectivity index (χ0) is 24.8. The lowest BCUT2D eigenvalue weighted by atomic mass is 9.74. The van der Waals surface area contributed by atoms with E-state index in [-0.39, 0.29) is 5.75 Å². The maximum Gasteiger partial charge on any atom is 0.200 e. The van der Waals surface area contributed by atoms with Crippen molar-refractivity contribution in [3.63, 3.8) is 0 Å². The van der Waals surface area contributed by atoms with Crippen molar-refractivity contribution in [3.05, 3.63) is 64.2 Å². The van der Waals surface area contributed by atoms with Crippen molar-refractivity contribution in [3.8, 4) is 5.75 Å². The van der Waals surface area contributed by atoms with E-state index >= 15 is 0 Å². The van der Waals surface area contributed by atoms with Crippen LogP contribution in [-0.4, -0.2) is 6.61 Å². The highest BCUT2D eigenvalue weighted by Gasteiger charge is 2.24. The SMILES string of the molecule is CCOc1cc(C)c(CCc2ccc(C3CCC(CCC4CCC(C)CC4)CC3)cc2)c(F)c1F. The molecule has 0 amide bonds. The Morgan fingerprint density at radius 2 is 1.40 bits per heavy atom. The molecular weight excluding hydrogens is 438 g/mol. The van der Waals surface area contributed by atoms with Gasteiger partial charge in [-0.3, -0.25) is 0 Å². The molecule has 0 N–H and O–H groups in total. The van der Waals surface area contributed by atoms with Crippen LogP contribution in [0.15, 0.2) is 30.3 Å². The topological polar surface area (TPSA) is 9.23 Å². The number of halogens is 2. The van der Waals surface area contributed by atoms with Crippen LogP contribution in [0.25, 0.3) is 0 Å². The third-order valence-corrected chi connectivity index (χ3v) is 8.88. The molecule has 2 aliphatic rings. The Labute approximate surface area is 211 Å². The summed E-state index contributed by atoms with van der Waals surface area (Å²) >= 11 is 0. The van der Waals surface area contributed by atoms with Gasteiger partial charge in [0, 0.05) is 0 Å². The first-order valence-electron chi connectivity index (χ1n) is 14.1. The summed E-state index contributed by atoms with van der Waals surface area (Å²) in [5.41, 5.74) is 3.83. The normalized spacial score (nSPS) is 24.9. The van der Waals surface area contributed by atoms with Crippen LogP contribution in [0.5, 0.6) is 5.75 Å². The number of rotatable bonds is 9. The van der Waals surface area contributed by atoms with Crippen molar-refractivity contribution in [2.24, 2.45) is 17.8 Å². The summed E-state index contributed by atoms with van der Waals surface area (Å²) in [6, 6.07) is 10.5. The highest BCUT2D eigenvalue weighted by Crippen LogP contribution is 2.40. The molecule has 0 unspecified atom stereocenters. The zero-order valence-electron chi connectivity index (χ0n) is 22.1. The summed E-state index contributed by atoms with van der Waals surface area (Å²) in [4.78, 5) is 0. The Kier molecular flexibility index (Phi) is 9.25. The summed E-state index contributed by atoms with van der Waals surface area (Å²) < 4.78 is 34.1. The molecule has 0 bridgehead atoms. The van der Waals surface area contributed by atoms with E-state index in [0.29, 0.717) is 30.9 Å². The van der Waals surface area contributed by atoms with Gasteiger partial charge in [0.1, 0.15) is 0 Å². The van der Waals surface area contributed by atoms with Crippen LogP contribution in [0.3, 0.4) is 0 Å². The molecule has 1 nitrogen and oxygen atoms in total. The zero-order valence-corrected chi connectivity index (χ0v) is 22.1. The predicted octanol–water partition coefficient (Wildman–Crippen LogP) is 9.34. The van der Waals surface area contributed by atoms with Gasteiger partial charge in [-0.05, 0) is 104 Å². The average molecular weight is 483 g/mol. The van der Waals surface area contributed by atoms with Crippen molar-refractivity contribution in [2.45, 2.75) is 104 Å². The van der Waals surface area contributed by atoms with Crippen LogP contribution in [0.2, 0.25) is 0 Å². The maximum atomic E-state index is 14.6. The van der Waals surface area contributed by atoms with Crippen molar-refractivity contribution >= 4 is 0 Å². The third-order valence-electron chi connectivity index (χ3n) is 8.88. The largest absolute Gasteiger partial charge is 0.491 e. The molecular formula is C32H44F2O. The Morgan fingerprint density at radius 1 is 0.800 bits per heavy atom. The molecule has 2 aliphatic carbocycles. The molecule has 2 aromatic carbocycles. The molecule has 2 aromatic rings. The van der Waals surface area contributed by atoms with Crippen molar-refractivity contribution in [1.29, 1.82) is 0 Å². The molecule has 0 heterocycles. The lowest BCUT2D eigenvalue weighted by Gasteiger charge is -2.31. The molecule has 3 heteroatoms. The van der Waals surface area contributed by atoms with Gasteiger partial charge in [0.25, 0.3) is 0 Å². The quantitative estimate of drug-likeness (QED) is 0.346. The molecule has 0 aromatic heterocycles. The van der Waals surface area contributed by atoms with Gasteiger partial charge in [0.05, 0.1) is 6.61 Å². The fourth-order valence-electron chi connectivity index (χ4n) is 6.43. The van der Waals surface area contributed by atoms with E-state index in [1.807, 2.05) is 6.92 Å². The maximum absolute atomic E-state index is 14.6. The van der Waals surface area contributed by atoms with E-state index in [4.69, 9.17) is 4.74 Å². The Balaban J connectivity index is 1.24. The van der Waals surface area contributed by atoms with Crippen LogP contribution in [0, 0.1) is 36.3 Å². The van der Waals surface area contributed by atoms with Gasteiger partial charge in [-0.1, -0.05) is 69.7 Å². The predicted molar refractivity (Wildman–Crippen MR) is 141 cm³/mol. The standard InChI is InChI=1S/C32H44F2O/c1-4-35-30-21-23(3)29(31(33)32(30)34)20-15-26-13-18-28(19-14-26)27-16-11-25(12-17-27)10-9-24-7-5-22(2)6-8-24/h13-14,18-19,21-22,24-25,27H,4-12,15-17,20H2,1-3H3. The minimum absolute atomic E-state index is 0.00828. The molecule has 4 rings (SSSR count). The molecule has 0 atom stereocenters. The third kappa shape index (κ3) is 6.86. The summed E-state index contributed by atoms with van der Waals surface area (Å²) in [5.74, 6) is 1.93. The molecule has 2 fully saturated rings. The first-order valence-corrected chi connectivity index (χ1v) is 14.1. The van der Waals surface area contributed by atoms with Gasteiger partial charge in [-0.25, -0.2) is 4.39 Å². The van der Waals surface area contributed by atoms with E-state index in [1.165, 1.54) is 75.3 Å². The van der Waals surface area contributed by atoms with Crippen LogP contribution in [0.4, 0.5) is 8.78 Å². The Morgan fingerprint density at radius 3 is 2.00 bits per heavy atom. The number of aryl methyl sites for hydroxylation is 2. The minimum Gasteiger partial charge on any atom is -0.491 e. The molecule has 0 spiro atoms. The van der Waals surface area contributed by atoms with E-state index in [9.17, 15) is 8.78 Å². The summed E-state index contributed by atoms with van der Waals surface area (Å²) in [5, 5.41) is 0. The molecule has 0 saturated heterocycles. The highest BCUT2D eigenvalue weighted by molar-refractivity contribution is 5.38. The number of ether oxygens (including phenoxy) is 1. The Hall–Kier alpha value is -1.90. The van der Waals surface area contributed by atoms with Crippen LogP contribution >= 0.6 is 0 Å². The van der Waals surface area contributed by atoms with Crippen LogP contribution in [-0.2, 0) is 12.8 Å². The second-order valence-corrected chi connectivity index (χ2v) is 11.4. The molecule has 35 heavy (non-hydrogen) atoms. The van der Waals surface area contributed by atoms with Crippen molar-refractivity contribution in [2.75, 3.05) is 6.61 Å². The highest BCUT2D eigenvalue weighted by atomic mass is 19.2. The number of hydrogen-bond acceptors (Lipinski definition) is 1. The molecule has 192 valence electrons.